The Morgan fingerprint density at radius 1 is 0.786 bits per heavy atom. The maximum absolute atomic E-state index is 10.8. The Kier molecular flexibility index (Phi) is 5.22. The van der Waals surface area contributed by atoms with Gasteiger partial charge in [-0.05, 0) is 93.3 Å². The highest BCUT2D eigenvalue weighted by atomic mass is 16.8. The SMILES string of the molecule is CC.CC1(C)OC2C3C4CCC(O)C4(C)CCC3C3(C)CC[C@@H](N)CC3[C@H]2O1. The number of rotatable bonds is 0. The van der Waals surface area contributed by atoms with Gasteiger partial charge in [0, 0.05) is 6.04 Å². The summed E-state index contributed by atoms with van der Waals surface area (Å²) in [6.45, 7) is 13.0. The highest BCUT2D eigenvalue weighted by Crippen LogP contribution is 2.68. The molecule has 0 radical (unpaired) electrons. The lowest BCUT2D eigenvalue weighted by Crippen LogP contribution is -2.64. The standard InChI is InChI=1S/C22H37NO3.C2H6/c1-20(2)25-18-15-11-12(23)7-9-21(15,3)14-8-10-22(4)13(5-6-16(22)24)17(14)19(18)26-20;1-2/h12-19,24H,5-11,23H2,1-4H3;1-2H3/t12-,13?,14?,15?,16?,17?,18-,19?,21?,22?;/m1./s1. The number of hydrogen-bond acceptors (Lipinski definition) is 4. The van der Waals surface area contributed by atoms with Crippen molar-refractivity contribution in [3.05, 3.63) is 0 Å². The highest BCUT2D eigenvalue weighted by molar-refractivity contribution is 5.16. The minimum absolute atomic E-state index is 0.0656. The molecule has 0 bridgehead atoms. The fourth-order valence-electron chi connectivity index (χ4n) is 8.19. The van der Waals surface area contributed by atoms with Crippen LogP contribution in [0.4, 0.5) is 0 Å². The van der Waals surface area contributed by atoms with E-state index in [0.29, 0.717) is 35.1 Å². The zero-order valence-electron chi connectivity index (χ0n) is 18.9. The van der Waals surface area contributed by atoms with Crippen molar-refractivity contribution in [3.63, 3.8) is 0 Å². The molecule has 3 N–H and O–H groups in total. The first kappa shape index (κ1) is 21.1. The van der Waals surface area contributed by atoms with E-state index < -0.39 is 5.79 Å². The zero-order chi connectivity index (χ0) is 20.5. The normalized spacial score (nSPS) is 56.6. The predicted molar refractivity (Wildman–Crippen MR) is 112 cm³/mol. The number of aliphatic hydroxyl groups is 1. The number of nitrogens with two attached hydrogens (primary N) is 1. The maximum Gasteiger partial charge on any atom is 0.163 e. The van der Waals surface area contributed by atoms with Crippen LogP contribution in [0.25, 0.3) is 0 Å². The average molecular weight is 394 g/mol. The summed E-state index contributed by atoms with van der Waals surface area (Å²) in [5.41, 5.74) is 6.79. The molecule has 5 fully saturated rings. The van der Waals surface area contributed by atoms with E-state index in [1.807, 2.05) is 13.8 Å². The minimum Gasteiger partial charge on any atom is -0.393 e. The molecule has 1 aliphatic heterocycles. The lowest BCUT2D eigenvalue weighted by Gasteiger charge is -2.63. The zero-order valence-corrected chi connectivity index (χ0v) is 18.9. The Morgan fingerprint density at radius 3 is 2.11 bits per heavy atom. The van der Waals surface area contributed by atoms with Crippen molar-refractivity contribution >= 4 is 0 Å². The van der Waals surface area contributed by atoms with Gasteiger partial charge in [0.25, 0.3) is 0 Å². The highest BCUT2D eigenvalue weighted by Gasteiger charge is 2.68. The molecule has 10 atom stereocenters. The predicted octanol–water partition coefficient (Wildman–Crippen LogP) is 4.48. The molecular weight excluding hydrogens is 350 g/mol. The summed E-state index contributed by atoms with van der Waals surface area (Å²) < 4.78 is 13.1. The molecule has 4 aliphatic carbocycles. The molecule has 1 saturated heterocycles. The first-order valence-corrected chi connectivity index (χ1v) is 11.9. The molecule has 0 amide bonds. The second kappa shape index (κ2) is 6.93. The Labute approximate surface area is 171 Å². The molecule has 162 valence electrons. The van der Waals surface area contributed by atoms with Crippen LogP contribution in [0.2, 0.25) is 0 Å². The summed E-state index contributed by atoms with van der Waals surface area (Å²) in [5, 5.41) is 10.8. The van der Waals surface area contributed by atoms with Gasteiger partial charge in [0.05, 0.1) is 18.3 Å². The smallest absolute Gasteiger partial charge is 0.163 e. The van der Waals surface area contributed by atoms with Gasteiger partial charge in [0.1, 0.15) is 0 Å². The second-order valence-corrected chi connectivity index (χ2v) is 11.1. The van der Waals surface area contributed by atoms with Gasteiger partial charge in [-0.15, -0.1) is 0 Å². The molecule has 4 saturated carbocycles. The lowest BCUT2D eigenvalue weighted by molar-refractivity contribution is -0.184. The van der Waals surface area contributed by atoms with Gasteiger partial charge in [-0.1, -0.05) is 27.7 Å². The molecule has 4 nitrogen and oxygen atoms in total. The summed E-state index contributed by atoms with van der Waals surface area (Å²) in [7, 11) is 0. The summed E-state index contributed by atoms with van der Waals surface area (Å²) in [6, 6.07) is 0.305. The van der Waals surface area contributed by atoms with E-state index in [2.05, 4.69) is 27.7 Å². The van der Waals surface area contributed by atoms with Crippen LogP contribution < -0.4 is 5.73 Å². The average Bonchev–Trinajstić information content (AvgIpc) is 3.14. The Hall–Kier alpha value is -0.160. The molecule has 28 heavy (non-hydrogen) atoms. The fraction of sp³-hybridized carbons (Fsp3) is 1.00. The van der Waals surface area contributed by atoms with Crippen LogP contribution >= 0.6 is 0 Å². The van der Waals surface area contributed by atoms with Crippen LogP contribution in [0.5, 0.6) is 0 Å². The molecule has 1 heterocycles. The van der Waals surface area contributed by atoms with Crippen LogP contribution in [0.15, 0.2) is 0 Å². The fourth-order valence-corrected chi connectivity index (χ4v) is 8.19. The molecule has 5 aliphatic rings. The van der Waals surface area contributed by atoms with Gasteiger partial charge in [-0.3, -0.25) is 0 Å². The number of ether oxygens (including phenoxy) is 2. The molecule has 0 aromatic heterocycles. The van der Waals surface area contributed by atoms with E-state index in [0.717, 1.165) is 32.1 Å². The summed E-state index contributed by atoms with van der Waals surface area (Å²) in [5.74, 6) is 1.78. The van der Waals surface area contributed by atoms with Crippen molar-refractivity contribution in [1.82, 2.24) is 0 Å². The van der Waals surface area contributed by atoms with E-state index in [-0.39, 0.29) is 23.7 Å². The number of hydrogen-bond donors (Lipinski definition) is 2. The van der Waals surface area contributed by atoms with E-state index in [9.17, 15) is 5.11 Å². The van der Waals surface area contributed by atoms with Crippen LogP contribution in [-0.2, 0) is 9.47 Å². The van der Waals surface area contributed by atoms with E-state index in [1.54, 1.807) is 0 Å². The van der Waals surface area contributed by atoms with Crippen molar-refractivity contribution in [2.24, 2.45) is 40.2 Å². The molecule has 8 unspecified atom stereocenters. The van der Waals surface area contributed by atoms with Gasteiger partial charge in [0.15, 0.2) is 5.79 Å². The quantitative estimate of drug-likeness (QED) is 0.637. The van der Waals surface area contributed by atoms with Gasteiger partial charge in [0.2, 0.25) is 0 Å². The molecule has 0 aromatic carbocycles. The lowest BCUT2D eigenvalue weighted by atomic mass is 9.43. The molecular formula is C24H43NO3. The molecule has 0 spiro atoms. The third-order valence-electron chi connectivity index (χ3n) is 9.53. The molecule has 0 aromatic rings. The van der Waals surface area contributed by atoms with E-state index in [4.69, 9.17) is 15.2 Å². The van der Waals surface area contributed by atoms with E-state index in [1.165, 1.54) is 12.8 Å². The Bertz CT molecular complexity index is 594. The van der Waals surface area contributed by atoms with E-state index >= 15 is 0 Å². The van der Waals surface area contributed by atoms with Gasteiger partial charge in [-0.25, -0.2) is 0 Å². The van der Waals surface area contributed by atoms with Crippen molar-refractivity contribution in [2.45, 2.75) is 117 Å². The van der Waals surface area contributed by atoms with Crippen LogP contribution in [0.3, 0.4) is 0 Å². The summed E-state index contributed by atoms with van der Waals surface area (Å²) in [6.07, 6.45) is 8.12. The van der Waals surface area contributed by atoms with Gasteiger partial charge < -0.3 is 20.3 Å². The van der Waals surface area contributed by atoms with Crippen LogP contribution in [0.1, 0.15) is 86.5 Å². The Balaban J connectivity index is 0.000000932. The summed E-state index contributed by atoms with van der Waals surface area (Å²) >= 11 is 0. The topological polar surface area (TPSA) is 64.7 Å². The van der Waals surface area contributed by atoms with Gasteiger partial charge in [-0.2, -0.15) is 0 Å². The van der Waals surface area contributed by atoms with Gasteiger partial charge >= 0.3 is 0 Å². The monoisotopic (exact) mass is 393 g/mol. The maximum atomic E-state index is 10.8. The van der Waals surface area contributed by atoms with Crippen molar-refractivity contribution in [2.75, 3.05) is 0 Å². The second-order valence-electron chi connectivity index (χ2n) is 11.1. The number of aliphatic hydroxyl groups excluding tert-OH is 1. The summed E-state index contributed by atoms with van der Waals surface area (Å²) in [4.78, 5) is 0. The minimum atomic E-state index is -0.502. The Morgan fingerprint density at radius 2 is 1.39 bits per heavy atom. The first-order chi connectivity index (χ1) is 13.2. The van der Waals surface area contributed by atoms with Crippen LogP contribution in [-0.4, -0.2) is 35.2 Å². The third kappa shape index (κ3) is 2.85. The third-order valence-corrected chi connectivity index (χ3v) is 9.53. The van der Waals surface area contributed by atoms with Crippen molar-refractivity contribution < 1.29 is 14.6 Å². The largest absolute Gasteiger partial charge is 0.393 e. The first-order valence-electron chi connectivity index (χ1n) is 11.9. The number of fused-ring (bicyclic) bond motifs is 8. The van der Waals surface area contributed by atoms with Crippen molar-refractivity contribution in [3.8, 4) is 0 Å². The molecule has 5 rings (SSSR count). The van der Waals surface area contributed by atoms with Crippen LogP contribution in [0, 0.1) is 34.5 Å². The molecule has 4 heteroatoms. The van der Waals surface area contributed by atoms with Crippen molar-refractivity contribution in [1.29, 1.82) is 0 Å².